The number of guanidine groups is 1. The summed E-state index contributed by atoms with van der Waals surface area (Å²) in [5, 5.41) is 6.36. The predicted molar refractivity (Wildman–Crippen MR) is 139 cm³/mol. The lowest BCUT2D eigenvalue weighted by Gasteiger charge is -2.32. The lowest BCUT2D eigenvalue weighted by molar-refractivity contribution is -0.116. The summed E-state index contributed by atoms with van der Waals surface area (Å²) in [4.78, 5) is 18.4. The number of carbonyl (C=O) groups excluding carboxylic acids is 1. The molecule has 0 bridgehead atoms. The number of fused-ring (bicyclic) bond motifs is 1. The van der Waals surface area contributed by atoms with Gasteiger partial charge in [-0.1, -0.05) is 19.1 Å². The zero-order chi connectivity index (χ0) is 22.2. The number of hydrogen-bond acceptors (Lipinski definition) is 4. The van der Waals surface area contributed by atoms with Crippen LogP contribution in [0.5, 0.6) is 11.5 Å². The van der Waals surface area contributed by atoms with E-state index in [9.17, 15) is 4.79 Å². The van der Waals surface area contributed by atoms with Gasteiger partial charge in [-0.15, -0.1) is 24.0 Å². The van der Waals surface area contributed by atoms with Crippen LogP contribution in [0.3, 0.4) is 0 Å². The third-order valence-corrected chi connectivity index (χ3v) is 5.39. The number of hydrogen-bond donors (Lipinski definition) is 2. The van der Waals surface area contributed by atoms with Crippen molar-refractivity contribution in [2.45, 2.75) is 39.3 Å². The Hall–Kier alpha value is -2.49. The highest BCUT2D eigenvalue weighted by Crippen LogP contribution is 2.33. The molecule has 1 aliphatic heterocycles. The number of nitrogens with zero attached hydrogens (tertiary/aromatic N) is 2. The first kappa shape index (κ1) is 25.8. The SMILES string of the molecule is CCCC(=O)Nc1ccc(CNC(=NC)N2CCc3cc(OC)c(OC)cc3C2)cc1.I. The Balaban J connectivity index is 0.00000363. The molecule has 0 spiro atoms. The molecule has 0 aromatic heterocycles. The van der Waals surface area contributed by atoms with Gasteiger partial charge in [-0.3, -0.25) is 9.79 Å². The van der Waals surface area contributed by atoms with Crippen LogP contribution in [0.1, 0.15) is 36.5 Å². The van der Waals surface area contributed by atoms with E-state index in [0.717, 1.165) is 54.6 Å². The second-order valence-corrected chi connectivity index (χ2v) is 7.54. The zero-order valence-corrected chi connectivity index (χ0v) is 21.6. The Morgan fingerprint density at radius 2 is 1.75 bits per heavy atom. The molecule has 0 unspecified atom stereocenters. The number of amides is 1. The first-order chi connectivity index (χ1) is 15.1. The van der Waals surface area contributed by atoms with E-state index in [0.29, 0.717) is 13.0 Å². The molecule has 1 aliphatic rings. The largest absolute Gasteiger partial charge is 0.493 e. The van der Waals surface area contributed by atoms with Crippen molar-refractivity contribution in [3.8, 4) is 11.5 Å². The van der Waals surface area contributed by atoms with Crippen LogP contribution in [0.15, 0.2) is 41.4 Å². The molecule has 0 atom stereocenters. The highest BCUT2D eigenvalue weighted by molar-refractivity contribution is 14.0. The molecule has 32 heavy (non-hydrogen) atoms. The second-order valence-electron chi connectivity index (χ2n) is 7.54. The van der Waals surface area contributed by atoms with E-state index in [1.54, 1.807) is 21.3 Å². The minimum Gasteiger partial charge on any atom is -0.493 e. The van der Waals surface area contributed by atoms with E-state index in [1.807, 2.05) is 31.2 Å². The third-order valence-electron chi connectivity index (χ3n) is 5.39. The molecular formula is C24H33IN4O3. The van der Waals surface area contributed by atoms with E-state index >= 15 is 0 Å². The minimum atomic E-state index is 0. The number of carbonyl (C=O) groups is 1. The number of methoxy groups -OCH3 is 2. The zero-order valence-electron chi connectivity index (χ0n) is 19.2. The van der Waals surface area contributed by atoms with Crippen molar-refractivity contribution < 1.29 is 14.3 Å². The highest BCUT2D eigenvalue weighted by atomic mass is 127. The smallest absolute Gasteiger partial charge is 0.224 e. The number of anilines is 1. The monoisotopic (exact) mass is 552 g/mol. The fourth-order valence-corrected chi connectivity index (χ4v) is 3.73. The van der Waals surface area contributed by atoms with Crippen molar-refractivity contribution >= 4 is 41.5 Å². The lowest BCUT2D eigenvalue weighted by atomic mass is 9.99. The predicted octanol–water partition coefficient (Wildman–Crippen LogP) is 4.19. The number of nitrogens with one attached hydrogen (secondary N) is 2. The van der Waals surface area contributed by atoms with Crippen LogP contribution in [-0.2, 0) is 24.3 Å². The van der Waals surface area contributed by atoms with Gasteiger partial charge in [0.1, 0.15) is 0 Å². The van der Waals surface area contributed by atoms with Gasteiger partial charge in [0.15, 0.2) is 17.5 Å². The van der Waals surface area contributed by atoms with E-state index in [2.05, 4.69) is 32.7 Å². The van der Waals surface area contributed by atoms with Crippen molar-refractivity contribution in [2.24, 2.45) is 4.99 Å². The molecule has 0 radical (unpaired) electrons. The van der Waals surface area contributed by atoms with E-state index in [-0.39, 0.29) is 29.9 Å². The second kappa shape index (κ2) is 12.5. The summed E-state index contributed by atoms with van der Waals surface area (Å²) in [6.45, 7) is 4.29. The van der Waals surface area contributed by atoms with Crippen LogP contribution < -0.4 is 20.1 Å². The lowest BCUT2D eigenvalue weighted by Crippen LogP contribution is -2.43. The normalized spacial score (nSPS) is 13.0. The summed E-state index contributed by atoms with van der Waals surface area (Å²) in [6.07, 6.45) is 2.30. The quantitative estimate of drug-likeness (QED) is 0.306. The molecule has 174 valence electrons. The number of benzene rings is 2. The molecule has 2 aromatic carbocycles. The average molecular weight is 552 g/mol. The Labute approximate surface area is 207 Å². The standard InChI is InChI=1S/C24H32N4O3.HI/c1-5-6-23(29)27-20-9-7-17(8-10-20)15-26-24(25-2)28-12-11-18-13-21(30-3)22(31-4)14-19(18)16-28;/h7-10,13-14H,5-6,11-12,15-16H2,1-4H3,(H,25,26)(H,27,29);1H. The van der Waals surface area contributed by atoms with Gasteiger partial charge >= 0.3 is 0 Å². The summed E-state index contributed by atoms with van der Waals surface area (Å²) in [5.41, 5.74) is 4.45. The molecule has 1 amide bonds. The Morgan fingerprint density at radius 1 is 1.09 bits per heavy atom. The highest BCUT2D eigenvalue weighted by Gasteiger charge is 2.21. The van der Waals surface area contributed by atoms with Crippen molar-refractivity contribution in [1.82, 2.24) is 10.2 Å². The van der Waals surface area contributed by atoms with Gasteiger partial charge in [0.25, 0.3) is 0 Å². The molecular weight excluding hydrogens is 519 g/mol. The van der Waals surface area contributed by atoms with Crippen molar-refractivity contribution in [3.63, 3.8) is 0 Å². The van der Waals surface area contributed by atoms with Gasteiger partial charge < -0.3 is 25.0 Å². The summed E-state index contributed by atoms with van der Waals surface area (Å²) in [6, 6.07) is 12.0. The van der Waals surface area contributed by atoms with Gasteiger partial charge in [0.05, 0.1) is 14.2 Å². The van der Waals surface area contributed by atoms with Crippen molar-refractivity contribution in [3.05, 3.63) is 53.1 Å². The van der Waals surface area contributed by atoms with E-state index < -0.39 is 0 Å². The Bertz CT molecular complexity index is 932. The van der Waals surface area contributed by atoms with Crippen LogP contribution in [-0.4, -0.2) is 44.6 Å². The first-order valence-corrected chi connectivity index (χ1v) is 10.7. The average Bonchev–Trinajstić information content (AvgIpc) is 2.79. The molecule has 8 heteroatoms. The summed E-state index contributed by atoms with van der Waals surface area (Å²) < 4.78 is 10.9. The maximum absolute atomic E-state index is 11.7. The molecule has 2 aromatic rings. The summed E-state index contributed by atoms with van der Waals surface area (Å²) >= 11 is 0. The van der Waals surface area contributed by atoms with Crippen LogP contribution in [0, 0.1) is 0 Å². The molecule has 0 saturated carbocycles. The number of ether oxygens (including phenoxy) is 2. The van der Waals surface area contributed by atoms with Crippen molar-refractivity contribution in [1.29, 1.82) is 0 Å². The van der Waals surface area contributed by atoms with Crippen LogP contribution in [0.2, 0.25) is 0 Å². The fraction of sp³-hybridized carbons (Fsp3) is 0.417. The number of rotatable bonds is 7. The summed E-state index contributed by atoms with van der Waals surface area (Å²) in [5.74, 6) is 2.43. The minimum absolute atomic E-state index is 0. The molecule has 1 heterocycles. The molecule has 3 rings (SSSR count). The van der Waals surface area contributed by atoms with Gasteiger partial charge in [-0.05, 0) is 53.8 Å². The third kappa shape index (κ3) is 6.51. The molecule has 2 N–H and O–H groups in total. The van der Waals surface area contributed by atoms with Crippen LogP contribution in [0.25, 0.3) is 0 Å². The van der Waals surface area contributed by atoms with Gasteiger partial charge in [-0.25, -0.2) is 0 Å². The van der Waals surface area contributed by atoms with Gasteiger partial charge in [0, 0.05) is 38.8 Å². The fourth-order valence-electron chi connectivity index (χ4n) is 3.73. The molecule has 7 nitrogen and oxygen atoms in total. The van der Waals surface area contributed by atoms with Crippen LogP contribution in [0.4, 0.5) is 5.69 Å². The molecule has 0 saturated heterocycles. The number of halogens is 1. The van der Waals surface area contributed by atoms with E-state index in [4.69, 9.17) is 9.47 Å². The Kier molecular flexibility index (Phi) is 10.1. The van der Waals surface area contributed by atoms with Gasteiger partial charge in [-0.2, -0.15) is 0 Å². The summed E-state index contributed by atoms with van der Waals surface area (Å²) in [7, 11) is 5.13. The number of aliphatic imine (C=N–C) groups is 1. The van der Waals surface area contributed by atoms with Gasteiger partial charge in [0.2, 0.25) is 5.91 Å². The molecule has 0 aliphatic carbocycles. The van der Waals surface area contributed by atoms with Crippen molar-refractivity contribution in [2.75, 3.05) is 33.1 Å². The van der Waals surface area contributed by atoms with Crippen LogP contribution >= 0.6 is 24.0 Å². The maximum Gasteiger partial charge on any atom is 0.224 e. The Morgan fingerprint density at radius 3 is 2.34 bits per heavy atom. The van der Waals surface area contributed by atoms with E-state index in [1.165, 1.54) is 11.1 Å². The maximum atomic E-state index is 11.7. The molecule has 0 fully saturated rings. The topological polar surface area (TPSA) is 75.2 Å². The first-order valence-electron chi connectivity index (χ1n) is 10.7.